The van der Waals surface area contributed by atoms with Gasteiger partial charge in [0.15, 0.2) is 5.78 Å². The van der Waals surface area contributed by atoms with Gasteiger partial charge in [0.05, 0.1) is 17.5 Å². The van der Waals surface area contributed by atoms with Crippen LogP contribution in [0.5, 0.6) is 11.5 Å². The predicted octanol–water partition coefficient (Wildman–Crippen LogP) is 5.60. The SMILES string of the molecule is [C-]#[N+]C(=C)C(=O)N1CCCCCC1CNc1ncnc2[nH]cc(C(=O)c3ccc(Oc4ccccc4)cc3)c12. The third kappa shape index (κ3) is 5.65. The zero-order valence-corrected chi connectivity index (χ0v) is 21.4. The third-order valence-electron chi connectivity index (χ3n) is 6.83. The number of likely N-dealkylation sites (tertiary alicyclic amines) is 1. The zero-order valence-electron chi connectivity index (χ0n) is 21.4. The van der Waals surface area contributed by atoms with Crippen LogP contribution in [0, 0.1) is 6.57 Å². The van der Waals surface area contributed by atoms with Crippen molar-refractivity contribution in [3.63, 3.8) is 0 Å². The minimum Gasteiger partial charge on any atom is -0.457 e. The van der Waals surface area contributed by atoms with Crippen LogP contribution in [0.3, 0.4) is 0 Å². The Morgan fingerprint density at radius 2 is 1.85 bits per heavy atom. The van der Waals surface area contributed by atoms with Crippen LogP contribution < -0.4 is 10.1 Å². The van der Waals surface area contributed by atoms with E-state index >= 15 is 0 Å². The van der Waals surface area contributed by atoms with Gasteiger partial charge < -0.3 is 19.9 Å². The van der Waals surface area contributed by atoms with Crippen LogP contribution in [-0.2, 0) is 4.79 Å². The zero-order chi connectivity index (χ0) is 27.2. The van der Waals surface area contributed by atoms with Crippen LogP contribution in [0.15, 0.2) is 79.4 Å². The number of para-hydroxylation sites is 1. The first-order chi connectivity index (χ1) is 19.0. The summed E-state index contributed by atoms with van der Waals surface area (Å²) in [4.78, 5) is 43.1. The molecule has 1 saturated heterocycles. The first-order valence-corrected chi connectivity index (χ1v) is 12.9. The summed E-state index contributed by atoms with van der Waals surface area (Å²) in [5, 5.41) is 3.94. The fraction of sp³-hybridized carbons (Fsp3) is 0.233. The number of anilines is 1. The van der Waals surface area contributed by atoms with Crippen LogP contribution in [-0.4, -0.2) is 50.7 Å². The number of ketones is 1. The summed E-state index contributed by atoms with van der Waals surface area (Å²) in [5.74, 6) is 1.35. The van der Waals surface area contributed by atoms with Crippen LogP contribution in [0.2, 0.25) is 0 Å². The van der Waals surface area contributed by atoms with Crippen LogP contribution >= 0.6 is 0 Å². The van der Waals surface area contributed by atoms with Gasteiger partial charge in [-0.25, -0.2) is 14.8 Å². The second kappa shape index (κ2) is 11.6. The Bertz CT molecular complexity index is 1540. The summed E-state index contributed by atoms with van der Waals surface area (Å²) >= 11 is 0. The second-order valence-electron chi connectivity index (χ2n) is 9.36. The molecule has 0 saturated carbocycles. The van der Waals surface area contributed by atoms with Crippen molar-refractivity contribution in [3.8, 4) is 11.5 Å². The topological polar surface area (TPSA) is 105 Å². The summed E-state index contributed by atoms with van der Waals surface area (Å²) in [5.41, 5.74) is 1.41. The Labute approximate surface area is 226 Å². The first kappa shape index (κ1) is 25.7. The van der Waals surface area contributed by atoms with E-state index in [0.29, 0.717) is 52.6 Å². The Morgan fingerprint density at radius 3 is 2.62 bits per heavy atom. The molecule has 0 aliphatic carbocycles. The molecule has 1 aliphatic rings. The van der Waals surface area contributed by atoms with Gasteiger partial charge in [-0.1, -0.05) is 37.6 Å². The van der Waals surface area contributed by atoms with Gasteiger partial charge in [-0.2, -0.15) is 0 Å². The number of amides is 1. The molecule has 9 heteroatoms. The molecule has 2 N–H and O–H groups in total. The molecule has 0 radical (unpaired) electrons. The standard InChI is InChI=1S/C30H28N6O3/c1-20(31-2)30(38)36-16-8-4-5-9-22(36)17-32-28-26-25(18-33-29(26)35-19-34-28)27(37)21-12-14-24(15-13-21)39-23-10-6-3-7-11-23/h3,6-7,10-15,18-19,22H,1,4-5,8-9,16-17H2,(H2,32,33,34,35). The van der Waals surface area contributed by atoms with E-state index in [4.69, 9.17) is 11.3 Å². The fourth-order valence-electron chi connectivity index (χ4n) is 4.82. The predicted molar refractivity (Wildman–Crippen MR) is 148 cm³/mol. The van der Waals surface area contributed by atoms with Gasteiger partial charge >= 0.3 is 0 Å². The van der Waals surface area contributed by atoms with Crippen molar-refractivity contribution < 1.29 is 14.3 Å². The fourth-order valence-corrected chi connectivity index (χ4v) is 4.82. The van der Waals surface area contributed by atoms with Crippen LogP contribution in [0.4, 0.5) is 5.82 Å². The van der Waals surface area contributed by atoms with E-state index in [-0.39, 0.29) is 23.4 Å². The Morgan fingerprint density at radius 1 is 1.08 bits per heavy atom. The van der Waals surface area contributed by atoms with Crippen molar-refractivity contribution in [1.82, 2.24) is 19.9 Å². The van der Waals surface area contributed by atoms with Crippen molar-refractivity contribution >= 4 is 28.5 Å². The summed E-state index contributed by atoms with van der Waals surface area (Å²) < 4.78 is 5.84. The van der Waals surface area contributed by atoms with Gasteiger partial charge in [-0.3, -0.25) is 9.59 Å². The maximum atomic E-state index is 13.5. The molecule has 1 atom stereocenters. The lowest BCUT2D eigenvalue weighted by Crippen LogP contribution is -2.44. The molecule has 5 rings (SSSR count). The Balaban J connectivity index is 1.36. The summed E-state index contributed by atoms with van der Waals surface area (Å²) in [6.07, 6.45) is 6.77. The van der Waals surface area contributed by atoms with E-state index in [1.807, 2.05) is 30.3 Å². The van der Waals surface area contributed by atoms with Crippen molar-refractivity contribution in [2.75, 3.05) is 18.4 Å². The Kier molecular flexibility index (Phi) is 7.64. The molecule has 0 bridgehead atoms. The first-order valence-electron chi connectivity index (χ1n) is 12.9. The number of carbonyl (C=O) groups excluding carboxylic acids is 2. The molecule has 1 aliphatic heterocycles. The number of hydrogen-bond acceptors (Lipinski definition) is 6. The molecule has 3 heterocycles. The molecule has 2 aromatic heterocycles. The van der Waals surface area contributed by atoms with E-state index in [1.54, 1.807) is 35.4 Å². The number of aromatic amines is 1. The highest BCUT2D eigenvalue weighted by Gasteiger charge is 2.27. The molecule has 39 heavy (non-hydrogen) atoms. The molecule has 0 spiro atoms. The third-order valence-corrected chi connectivity index (χ3v) is 6.83. The molecule has 1 unspecified atom stereocenters. The summed E-state index contributed by atoms with van der Waals surface area (Å²) in [6.45, 7) is 11.8. The van der Waals surface area contributed by atoms with Gasteiger partial charge in [0.2, 0.25) is 5.70 Å². The van der Waals surface area contributed by atoms with Gasteiger partial charge in [0, 0.05) is 30.9 Å². The van der Waals surface area contributed by atoms with E-state index in [1.165, 1.54) is 6.33 Å². The minimum absolute atomic E-state index is 0.0787. The number of aromatic nitrogens is 3. The molecule has 1 amide bonds. The second-order valence-corrected chi connectivity index (χ2v) is 9.36. The van der Waals surface area contributed by atoms with E-state index < -0.39 is 0 Å². The molecule has 2 aromatic carbocycles. The van der Waals surface area contributed by atoms with E-state index in [0.717, 1.165) is 25.7 Å². The number of nitrogens with zero attached hydrogens (tertiary/aromatic N) is 4. The van der Waals surface area contributed by atoms with Crippen molar-refractivity contribution in [2.24, 2.45) is 0 Å². The van der Waals surface area contributed by atoms with E-state index in [2.05, 4.69) is 31.7 Å². The number of rotatable bonds is 8. The van der Waals surface area contributed by atoms with Crippen molar-refractivity contribution in [3.05, 3.63) is 102 Å². The summed E-state index contributed by atoms with van der Waals surface area (Å²) in [7, 11) is 0. The lowest BCUT2D eigenvalue weighted by Gasteiger charge is -2.30. The number of benzene rings is 2. The maximum Gasteiger partial charge on any atom is 0.252 e. The summed E-state index contributed by atoms with van der Waals surface area (Å²) in [6, 6.07) is 16.3. The van der Waals surface area contributed by atoms with Gasteiger partial charge in [-0.15, -0.1) is 0 Å². The average Bonchev–Trinajstić information content (AvgIpc) is 3.27. The van der Waals surface area contributed by atoms with E-state index in [9.17, 15) is 9.59 Å². The maximum absolute atomic E-state index is 13.5. The van der Waals surface area contributed by atoms with Crippen molar-refractivity contribution in [1.29, 1.82) is 0 Å². The Hall–Kier alpha value is -4.97. The monoisotopic (exact) mass is 520 g/mol. The molecule has 1 fully saturated rings. The highest BCUT2D eigenvalue weighted by atomic mass is 16.5. The van der Waals surface area contributed by atoms with Crippen LogP contribution in [0.1, 0.15) is 41.6 Å². The molecule has 4 aromatic rings. The lowest BCUT2D eigenvalue weighted by atomic mass is 10.0. The van der Waals surface area contributed by atoms with Gasteiger partial charge in [-0.05, 0) is 49.2 Å². The molecular weight excluding hydrogens is 492 g/mol. The normalized spacial score (nSPS) is 15.3. The number of fused-ring (bicyclic) bond motifs is 1. The van der Waals surface area contributed by atoms with Gasteiger partial charge in [0.25, 0.3) is 5.91 Å². The largest absolute Gasteiger partial charge is 0.457 e. The number of nitrogens with one attached hydrogen (secondary N) is 2. The number of ether oxygens (including phenoxy) is 1. The molecule has 9 nitrogen and oxygen atoms in total. The molecular formula is C30H28N6O3. The lowest BCUT2D eigenvalue weighted by molar-refractivity contribution is -0.128. The average molecular weight is 521 g/mol. The highest BCUT2D eigenvalue weighted by Crippen LogP contribution is 2.28. The smallest absolute Gasteiger partial charge is 0.252 e. The van der Waals surface area contributed by atoms with Gasteiger partial charge in [0.1, 0.15) is 29.3 Å². The molecule has 196 valence electrons. The van der Waals surface area contributed by atoms with Crippen LogP contribution in [0.25, 0.3) is 15.9 Å². The number of carbonyl (C=O) groups is 2. The van der Waals surface area contributed by atoms with Crippen molar-refractivity contribution in [2.45, 2.75) is 31.7 Å². The highest BCUT2D eigenvalue weighted by molar-refractivity contribution is 6.18. The number of H-pyrrole nitrogens is 1. The minimum atomic E-state index is -0.330. The quantitative estimate of drug-likeness (QED) is 0.178. The number of hydrogen-bond donors (Lipinski definition) is 2.